The smallest absolute Gasteiger partial charge is 0.119 e. The molecule has 0 saturated carbocycles. The van der Waals surface area contributed by atoms with Gasteiger partial charge in [0, 0.05) is 6.42 Å². The van der Waals surface area contributed by atoms with Crippen LogP contribution < -0.4 is 10.5 Å². The molecule has 2 aromatic rings. The molecule has 2 N–H and O–H groups in total. The summed E-state index contributed by atoms with van der Waals surface area (Å²) >= 11 is 0. The third-order valence-corrected chi connectivity index (χ3v) is 3.10. The lowest BCUT2D eigenvalue weighted by Gasteiger charge is -2.07. The molecule has 0 amide bonds. The second-order valence-electron chi connectivity index (χ2n) is 4.62. The molecule has 2 rings (SSSR count). The van der Waals surface area contributed by atoms with Gasteiger partial charge in [-0.2, -0.15) is 0 Å². The lowest BCUT2D eigenvalue weighted by Crippen LogP contribution is -2.02. The minimum atomic E-state index is 0.714. The zero-order valence-corrected chi connectivity index (χ0v) is 11.2. The van der Waals surface area contributed by atoms with Crippen LogP contribution in [0, 0.1) is 0 Å². The molecule has 0 saturated heterocycles. The molecular weight excluding hydrogens is 234 g/mol. The summed E-state index contributed by atoms with van der Waals surface area (Å²) in [5.74, 6) is 0.937. The molecule has 19 heavy (non-hydrogen) atoms. The summed E-state index contributed by atoms with van der Waals surface area (Å²) in [5.41, 5.74) is 8.13. The molecular formula is C17H21NO. The van der Waals surface area contributed by atoms with E-state index in [2.05, 4.69) is 36.4 Å². The van der Waals surface area contributed by atoms with Crippen molar-refractivity contribution in [1.29, 1.82) is 0 Å². The Morgan fingerprint density at radius 2 is 1.47 bits per heavy atom. The van der Waals surface area contributed by atoms with E-state index in [0.29, 0.717) is 6.61 Å². The van der Waals surface area contributed by atoms with Gasteiger partial charge in [0.25, 0.3) is 0 Å². The van der Waals surface area contributed by atoms with Crippen LogP contribution in [0.25, 0.3) is 0 Å². The SMILES string of the molecule is NCCCc1ccc(OCCc2ccccc2)cc1. The predicted molar refractivity (Wildman–Crippen MR) is 79.5 cm³/mol. The lowest BCUT2D eigenvalue weighted by molar-refractivity contribution is 0.322. The Balaban J connectivity index is 1.77. The molecule has 0 fully saturated rings. The van der Waals surface area contributed by atoms with Crippen LogP contribution in [0.15, 0.2) is 54.6 Å². The van der Waals surface area contributed by atoms with Gasteiger partial charge in [-0.15, -0.1) is 0 Å². The Morgan fingerprint density at radius 3 is 2.16 bits per heavy atom. The third kappa shape index (κ3) is 4.76. The van der Waals surface area contributed by atoms with E-state index in [4.69, 9.17) is 10.5 Å². The Morgan fingerprint density at radius 1 is 0.789 bits per heavy atom. The van der Waals surface area contributed by atoms with Crippen molar-refractivity contribution in [1.82, 2.24) is 0 Å². The predicted octanol–water partition coefficient (Wildman–Crippen LogP) is 3.20. The average molecular weight is 255 g/mol. The van der Waals surface area contributed by atoms with E-state index in [1.54, 1.807) is 0 Å². The van der Waals surface area contributed by atoms with Gasteiger partial charge in [-0.05, 0) is 42.6 Å². The van der Waals surface area contributed by atoms with Crippen LogP contribution in [0.5, 0.6) is 5.75 Å². The van der Waals surface area contributed by atoms with Gasteiger partial charge >= 0.3 is 0 Å². The summed E-state index contributed by atoms with van der Waals surface area (Å²) in [5, 5.41) is 0. The fourth-order valence-corrected chi connectivity index (χ4v) is 1.99. The molecule has 2 heteroatoms. The van der Waals surface area contributed by atoms with Crippen molar-refractivity contribution < 1.29 is 4.74 Å². The fraction of sp³-hybridized carbons (Fsp3) is 0.294. The third-order valence-electron chi connectivity index (χ3n) is 3.10. The van der Waals surface area contributed by atoms with Crippen LogP contribution in [0.4, 0.5) is 0 Å². The monoisotopic (exact) mass is 255 g/mol. The molecule has 0 atom stereocenters. The fourth-order valence-electron chi connectivity index (χ4n) is 1.99. The van der Waals surface area contributed by atoms with Crippen LogP contribution in [0.2, 0.25) is 0 Å². The zero-order chi connectivity index (χ0) is 13.3. The van der Waals surface area contributed by atoms with Gasteiger partial charge in [-0.3, -0.25) is 0 Å². The van der Waals surface area contributed by atoms with E-state index in [9.17, 15) is 0 Å². The highest BCUT2D eigenvalue weighted by Crippen LogP contribution is 2.13. The van der Waals surface area contributed by atoms with E-state index < -0.39 is 0 Å². The van der Waals surface area contributed by atoms with Gasteiger partial charge in [0.1, 0.15) is 5.75 Å². The van der Waals surface area contributed by atoms with E-state index in [-0.39, 0.29) is 0 Å². The number of hydrogen-bond acceptors (Lipinski definition) is 2. The van der Waals surface area contributed by atoms with Crippen LogP contribution in [0.3, 0.4) is 0 Å². The van der Waals surface area contributed by atoms with Crippen LogP contribution in [-0.4, -0.2) is 13.2 Å². The van der Waals surface area contributed by atoms with Crippen molar-refractivity contribution in [2.45, 2.75) is 19.3 Å². The van der Waals surface area contributed by atoms with Gasteiger partial charge in [0.15, 0.2) is 0 Å². The van der Waals surface area contributed by atoms with Crippen molar-refractivity contribution in [3.05, 3.63) is 65.7 Å². The van der Waals surface area contributed by atoms with E-state index in [0.717, 1.165) is 31.6 Å². The molecule has 0 bridgehead atoms. The zero-order valence-electron chi connectivity index (χ0n) is 11.2. The minimum Gasteiger partial charge on any atom is -0.493 e. The molecule has 0 radical (unpaired) electrons. The lowest BCUT2D eigenvalue weighted by atomic mass is 10.1. The van der Waals surface area contributed by atoms with Gasteiger partial charge in [0.05, 0.1) is 6.61 Å². The van der Waals surface area contributed by atoms with Crippen LogP contribution in [0.1, 0.15) is 17.5 Å². The molecule has 0 aromatic heterocycles. The van der Waals surface area contributed by atoms with E-state index >= 15 is 0 Å². The number of nitrogens with two attached hydrogens (primary N) is 1. The normalized spacial score (nSPS) is 10.4. The molecule has 2 nitrogen and oxygen atoms in total. The maximum Gasteiger partial charge on any atom is 0.119 e. The Labute approximate surface area is 115 Å². The molecule has 0 aliphatic carbocycles. The maximum absolute atomic E-state index is 5.74. The van der Waals surface area contributed by atoms with Crippen molar-refractivity contribution in [3.63, 3.8) is 0 Å². The number of rotatable bonds is 7. The Hall–Kier alpha value is -1.80. The first-order chi connectivity index (χ1) is 9.38. The number of benzene rings is 2. The Kier molecular flexibility index (Phi) is 5.45. The number of aryl methyl sites for hydroxylation is 1. The van der Waals surface area contributed by atoms with Crippen molar-refractivity contribution >= 4 is 0 Å². The number of ether oxygens (including phenoxy) is 1. The van der Waals surface area contributed by atoms with E-state index in [1.165, 1.54) is 11.1 Å². The molecule has 100 valence electrons. The molecule has 0 aliphatic heterocycles. The summed E-state index contributed by atoms with van der Waals surface area (Å²) in [6.45, 7) is 1.46. The highest BCUT2D eigenvalue weighted by molar-refractivity contribution is 5.27. The standard InChI is InChI=1S/C17H21NO/c18-13-4-7-16-8-10-17(11-9-16)19-14-12-15-5-2-1-3-6-15/h1-3,5-6,8-11H,4,7,12-14,18H2. The first kappa shape index (κ1) is 13.6. The highest BCUT2D eigenvalue weighted by Gasteiger charge is 1.97. The highest BCUT2D eigenvalue weighted by atomic mass is 16.5. The molecule has 0 aliphatic rings. The van der Waals surface area contributed by atoms with Gasteiger partial charge in [-0.25, -0.2) is 0 Å². The molecule has 2 aromatic carbocycles. The number of hydrogen-bond donors (Lipinski definition) is 1. The first-order valence-electron chi connectivity index (χ1n) is 6.84. The van der Waals surface area contributed by atoms with Crippen LogP contribution >= 0.6 is 0 Å². The van der Waals surface area contributed by atoms with Crippen molar-refractivity contribution in [2.24, 2.45) is 5.73 Å². The van der Waals surface area contributed by atoms with Crippen molar-refractivity contribution in [3.8, 4) is 5.75 Å². The largest absolute Gasteiger partial charge is 0.493 e. The van der Waals surface area contributed by atoms with Gasteiger partial charge in [0.2, 0.25) is 0 Å². The second kappa shape index (κ2) is 7.59. The molecule has 0 spiro atoms. The van der Waals surface area contributed by atoms with Gasteiger partial charge in [-0.1, -0.05) is 42.5 Å². The van der Waals surface area contributed by atoms with Gasteiger partial charge < -0.3 is 10.5 Å². The minimum absolute atomic E-state index is 0.714. The summed E-state index contributed by atoms with van der Waals surface area (Å²) in [6.07, 6.45) is 3.02. The van der Waals surface area contributed by atoms with E-state index in [1.807, 2.05) is 18.2 Å². The topological polar surface area (TPSA) is 35.2 Å². The maximum atomic E-state index is 5.74. The Bertz CT molecular complexity index is 464. The average Bonchev–Trinajstić information content (AvgIpc) is 2.47. The summed E-state index contributed by atoms with van der Waals surface area (Å²) < 4.78 is 5.74. The second-order valence-corrected chi connectivity index (χ2v) is 4.62. The quantitative estimate of drug-likeness (QED) is 0.824. The van der Waals surface area contributed by atoms with Crippen LogP contribution in [-0.2, 0) is 12.8 Å². The summed E-state index contributed by atoms with van der Waals surface area (Å²) in [4.78, 5) is 0. The summed E-state index contributed by atoms with van der Waals surface area (Å²) in [6, 6.07) is 18.7. The molecule has 0 heterocycles. The first-order valence-corrected chi connectivity index (χ1v) is 6.84. The molecule has 0 unspecified atom stereocenters. The summed E-state index contributed by atoms with van der Waals surface area (Å²) in [7, 11) is 0. The van der Waals surface area contributed by atoms with Crippen molar-refractivity contribution in [2.75, 3.05) is 13.2 Å².